The highest BCUT2D eigenvalue weighted by Crippen LogP contribution is 2.36. The molecule has 0 radical (unpaired) electrons. The third-order valence-electron chi connectivity index (χ3n) is 4.40. The van der Waals surface area contributed by atoms with Crippen LogP contribution in [0.15, 0.2) is 0 Å². The molecule has 1 aliphatic rings. The van der Waals surface area contributed by atoms with Crippen molar-refractivity contribution in [2.45, 2.75) is 71.9 Å². The molecule has 0 aliphatic heterocycles. The van der Waals surface area contributed by atoms with Crippen molar-refractivity contribution in [2.24, 2.45) is 5.41 Å². The average Bonchev–Trinajstić information content (AvgIpc) is 2.26. The average molecular weight is 240 g/mol. The molecule has 1 atom stereocenters. The number of nitrogens with zero attached hydrogens (tertiary/aromatic N) is 1. The van der Waals surface area contributed by atoms with Gasteiger partial charge in [-0.2, -0.15) is 0 Å². The van der Waals surface area contributed by atoms with Gasteiger partial charge in [-0.05, 0) is 64.6 Å². The van der Waals surface area contributed by atoms with E-state index >= 15 is 0 Å². The molecule has 2 nitrogen and oxygen atoms in total. The molecule has 1 rings (SSSR count). The molecular weight excluding hydrogens is 208 g/mol. The zero-order valence-electron chi connectivity index (χ0n) is 12.6. The Labute approximate surface area is 108 Å². The lowest BCUT2D eigenvalue weighted by molar-refractivity contribution is 0.124. The monoisotopic (exact) mass is 240 g/mol. The molecule has 0 aromatic carbocycles. The molecule has 0 saturated heterocycles. The summed E-state index contributed by atoms with van der Waals surface area (Å²) in [7, 11) is 2.31. The number of hydrogen-bond donors (Lipinski definition) is 1. The van der Waals surface area contributed by atoms with Crippen molar-refractivity contribution in [3.63, 3.8) is 0 Å². The van der Waals surface area contributed by atoms with Crippen molar-refractivity contribution >= 4 is 0 Å². The number of rotatable bonds is 6. The fraction of sp³-hybridized carbons (Fsp3) is 1.00. The van der Waals surface area contributed by atoms with Crippen LogP contribution < -0.4 is 5.32 Å². The van der Waals surface area contributed by atoms with Crippen LogP contribution in [0.2, 0.25) is 0 Å². The summed E-state index contributed by atoms with van der Waals surface area (Å²) in [6, 6.07) is 1.49. The first-order valence-electron chi connectivity index (χ1n) is 7.38. The van der Waals surface area contributed by atoms with E-state index in [0.717, 1.165) is 12.6 Å². The lowest BCUT2D eigenvalue weighted by Crippen LogP contribution is -2.39. The summed E-state index contributed by atoms with van der Waals surface area (Å²) in [6.07, 6.45) is 6.83. The largest absolute Gasteiger partial charge is 0.314 e. The van der Waals surface area contributed by atoms with E-state index in [-0.39, 0.29) is 0 Å². The highest BCUT2D eigenvalue weighted by atomic mass is 15.1. The first kappa shape index (κ1) is 15.0. The third kappa shape index (κ3) is 5.39. The Morgan fingerprint density at radius 1 is 1.29 bits per heavy atom. The second kappa shape index (κ2) is 6.75. The quantitative estimate of drug-likeness (QED) is 0.766. The van der Waals surface area contributed by atoms with Crippen LogP contribution in [0.1, 0.15) is 59.8 Å². The fourth-order valence-electron chi connectivity index (χ4n) is 2.86. The molecule has 0 aromatic rings. The SMILES string of the molecule is CCNC(C)CCN(C)C1CCC(C)(C)CC1. The molecule has 0 heterocycles. The van der Waals surface area contributed by atoms with Gasteiger partial charge in [0, 0.05) is 12.1 Å². The Balaban J connectivity index is 2.22. The van der Waals surface area contributed by atoms with Crippen LogP contribution in [-0.4, -0.2) is 37.1 Å². The molecule has 0 amide bonds. The molecule has 0 aromatic heterocycles. The molecule has 2 heteroatoms. The van der Waals surface area contributed by atoms with Crippen molar-refractivity contribution < 1.29 is 0 Å². The standard InChI is InChI=1S/C15H32N2/c1-6-16-13(2)9-12-17(5)14-7-10-15(3,4)11-8-14/h13-14,16H,6-12H2,1-5H3. The van der Waals surface area contributed by atoms with Gasteiger partial charge >= 0.3 is 0 Å². The van der Waals surface area contributed by atoms with Gasteiger partial charge in [0.25, 0.3) is 0 Å². The van der Waals surface area contributed by atoms with Crippen LogP contribution >= 0.6 is 0 Å². The fourth-order valence-corrected chi connectivity index (χ4v) is 2.86. The highest BCUT2D eigenvalue weighted by Gasteiger charge is 2.28. The van der Waals surface area contributed by atoms with Crippen LogP contribution in [-0.2, 0) is 0 Å². The van der Waals surface area contributed by atoms with Crippen molar-refractivity contribution in [2.75, 3.05) is 20.1 Å². The van der Waals surface area contributed by atoms with E-state index in [4.69, 9.17) is 0 Å². The maximum atomic E-state index is 3.49. The van der Waals surface area contributed by atoms with Crippen molar-refractivity contribution in [1.29, 1.82) is 0 Å². The lowest BCUT2D eigenvalue weighted by Gasteiger charge is -2.39. The summed E-state index contributed by atoms with van der Waals surface area (Å²) >= 11 is 0. The van der Waals surface area contributed by atoms with Crippen LogP contribution in [0.4, 0.5) is 0 Å². The minimum atomic E-state index is 0.592. The predicted molar refractivity (Wildman–Crippen MR) is 76.4 cm³/mol. The second-order valence-electron chi connectivity index (χ2n) is 6.62. The van der Waals surface area contributed by atoms with E-state index in [0.29, 0.717) is 11.5 Å². The number of hydrogen-bond acceptors (Lipinski definition) is 2. The van der Waals surface area contributed by atoms with Crippen LogP contribution in [0, 0.1) is 5.41 Å². The normalized spacial score (nSPS) is 22.9. The highest BCUT2D eigenvalue weighted by molar-refractivity contribution is 4.83. The van der Waals surface area contributed by atoms with Crippen LogP contribution in [0.5, 0.6) is 0 Å². The minimum Gasteiger partial charge on any atom is -0.314 e. The van der Waals surface area contributed by atoms with Gasteiger partial charge in [0.05, 0.1) is 0 Å². The van der Waals surface area contributed by atoms with Gasteiger partial charge in [-0.1, -0.05) is 20.8 Å². The van der Waals surface area contributed by atoms with E-state index in [9.17, 15) is 0 Å². The van der Waals surface area contributed by atoms with Gasteiger partial charge in [0.1, 0.15) is 0 Å². The Morgan fingerprint density at radius 2 is 1.88 bits per heavy atom. The molecule has 0 bridgehead atoms. The zero-order chi connectivity index (χ0) is 12.9. The van der Waals surface area contributed by atoms with Crippen LogP contribution in [0.3, 0.4) is 0 Å². The maximum Gasteiger partial charge on any atom is 0.00926 e. The summed E-state index contributed by atoms with van der Waals surface area (Å²) in [6.45, 7) is 11.6. The van der Waals surface area contributed by atoms with Crippen LogP contribution in [0.25, 0.3) is 0 Å². The smallest absolute Gasteiger partial charge is 0.00926 e. The molecule has 1 N–H and O–H groups in total. The van der Waals surface area contributed by atoms with Gasteiger partial charge in [0.15, 0.2) is 0 Å². The van der Waals surface area contributed by atoms with Gasteiger partial charge in [-0.25, -0.2) is 0 Å². The summed E-state index contributed by atoms with van der Waals surface area (Å²) in [5.74, 6) is 0. The molecule has 1 saturated carbocycles. The third-order valence-corrected chi connectivity index (χ3v) is 4.40. The van der Waals surface area contributed by atoms with E-state index in [1.807, 2.05) is 0 Å². The molecular formula is C15H32N2. The van der Waals surface area contributed by atoms with E-state index in [1.54, 1.807) is 0 Å². The molecule has 102 valence electrons. The Kier molecular flexibility index (Phi) is 5.94. The molecule has 17 heavy (non-hydrogen) atoms. The van der Waals surface area contributed by atoms with Gasteiger partial charge in [-0.15, -0.1) is 0 Å². The Morgan fingerprint density at radius 3 is 2.41 bits per heavy atom. The van der Waals surface area contributed by atoms with Crippen molar-refractivity contribution in [3.05, 3.63) is 0 Å². The molecule has 1 fully saturated rings. The van der Waals surface area contributed by atoms with E-state index in [2.05, 4.69) is 45.0 Å². The van der Waals surface area contributed by atoms with Crippen molar-refractivity contribution in [1.82, 2.24) is 10.2 Å². The summed E-state index contributed by atoms with van der Waals surface area (Å²) < 4.78 is 0. The van der Waals surface area contributed by atoms with Gasteiger partial charge < -0.3 is 10.2 Å². The molecule has 0 spiro atoms. The maximum absolute atomic E-state index is 3.49. The zero-order valence-corrected chi connectivity index (χ0v) is 12.6. The second-order valence-corrected chi connectivity index (χ2v) is 6.62. The predicted octanol–water partition coefficient (Wildman–Crippen LogP) is 3.28. The Bertz CT molecular complexity index is 203. The first-order chi connectivity index (χ1) is 7.94. The van der Waals surface area contributed by atoms with E-state index in [1.165, 1.54) is 38.6 Å². The molecule has 1 unspecified atom stereocenters. The Hall–Kier alpha value is -0.0800. The summed E-state index contributed by atoms with van der Waals surface area (Å²) in [5, 5.41) is 3.49. The van der Waals surface area contributed by atoms with Crippen molar-refractivity contribution in [3.8, 4) is 0 Å². The summed E-state index contributed by atoms with van der Waals surface area (Å²) in [4.78, 5) is 2.59. The minimum absolute atomic E-state index is 0.592. The van der Waals surface area contributed by atoms with E-state index < -0.39 is 0 Å². The molecule has 1 aliphatic carbocycles. The topological polar surface area (TPSA) is 15.3 Å². The summed E-state index contributed by atoms with van der Waals surface area (Å²) in [5.41, 5.74) is 0.592. The lowest BCUT2D eigenvalue weighted by atomic mass is 9.75. The number of nitrogens with one attached hydrogen (secondary N) is 1. The van der Waals surface area contributed by atoms with Gasteiger partial charge in [-0.3, -0.25) is 0 Å². The van der Waals surface area contributed by atoms with Gasteiger partial charge in [0.2, 0.25) is 0 Å². The first-order valence-corrected chi connectivity index (χ1v) is 7.38.